The van der Waals surface area contributed by atoms with Crippen LogP contribution in [0.2, 0.25) is 0 Å². The number of allylic oxidation sites excluding steroid dienone is 1. The lowest BCUT2D eigenvalue weighted by atomic mass is 9.47. The summed E-state index contributed by atoms with van der Waals surface area (Å²) in [4.78, 5) is 37.4. The van der Waals surface area contributed by atoms with Crippen LogP contribution in [0, 0.1) is 46.3 Å². The van der Waals surface area contributed by atoms with Gasteiger partial charge in [-0.2, -0.15) is 0 Å². The molecule has 6 nitrogen and oxygen atoms in total. The summed E-state index contributed by atoms with van der Waals surface area (Å²) < 4.78 is 11.0. The van der Waals surface area contributed by atoms with E-state index in [0.717, 1.165) is 74.0 Å². The fraction of sp³-hybridized carbons (Fsp3) is 0.886. The number of fused-ring (bicyclic) bond motifs is 5. The third-order valence-electron chi connectivity index (χ3n) is 14.2. The van der Waals surface area contributed by atoms with Crippen LogP contribution in [0.1, 0.15) is 189 Å². The zero-order chi connectivity index (χ0) is 36.3. The smallest absolute Gasteiger partial charge is 0.330 e. The number of carbonyl (C=O) groups is 3. The largest absolute Gasteiger partial charge is 0.462 e. The molecule has 4 aliphatic carbocycles. The second kappa shape index (κ2) is 19.4. The molecular formula is C44H75NO5. The maximum Gasteiger partial charge on any atom is 0.330 e. The van der Waals surface area contributed by atoms with Crippen LogP contribution in [0.5, 0.6) is 0 Å². The summed E-state index contributed by atoms with van der Waals surface area (Å²) in [6.45, 7) is 14.6. The molecule has 0 heterocycles. The van der Waals surface area contributed by atoms with Crippen LogP contribution in [0.3, 0.4) is 0 Å². The fourth-order valence-corrected chi connectivity index (χ4v) is 11.2. The first-order valence-electron chi connectivity index (χ1n) is 21.3. The first kappa shape index (κ1) is 41.1. The second-order valence-corrected chi connectivity index (χ2v) is 18.2. The predicted molar refractivity (Wildman–Crippen MR) is 203 cm³/mol. The van der Waals surface area contributed by atoms with E-state index < -0.39 is 18.0 Å². The SMILES string of the molecule is CCCCCCCCCCCC(=O)OC(=O)C(N)CCC(=O)O[C@H]1CC[C@@]2(C)C(=CC[C@H]3[C@@H]4CC[C@H](C(C)CCCC(C)C)[C@@]4(C)CC[C@@H]32)C1. The van der Waals surface area contributed by atoms with Crippen molar-refractivity contribution in [2.45, 2.75) is 201 Å². The quantitative estimate of drug-likeness (QED) is 0.0589. The molecule has 286 valence electrons. The van der Waals surface area contributed by atoms with E-state index in [1.807, 2.05) is 0 Å². The number of nitrogens with two attached hydrogens (primary N) is 1. The Bertz CT molecular complexity index is 1130. The van der Waals surface area contributed by atoms with Gasteiger partial charge in [0.15, 0.2) is 0 Å². The monoisotopic (exact) mass is 698 g/mol. The van der Waals surface area contributed by atoms with Gasteiger partial charge in [0.25, 0.3) is 0 Å². The van der Waals surface area contributed by atoms with E-state index in [1.54, 1.807) is 0 Å². The number of rotatable bonds is 20. The number of esters is 3. The predicted octanol–water partition coefficient (Wildman–Crippen LogP) is 11.0. The lowest BCUT2D eigenvalue weighted by Gasteiger charge is -2.58. The van der Waals surface area contributed by atoms with Gasteiger partial charge < -0.3 is 15.2 Å². The fourth-order valence-electron chi connectivity index (χ4n) is 11.2. The highest BCUT2D eigenvalue weighted by molar-refractivity contribution is 5.88. The Morgan fingerprint density at radius 1 is 0.800 bits per heavy atom. The molecule has 3 saturated carbocycles. The van der Waals surface area contributed by atoms with E-state index >= 15 is 0 Å². The summed E-state index contributed by atoms with van der Waals surface area (Å²) in [5.74, 6) is 3.28. The highest BCUT2D eigenvalue weighted by Crippen LogP contribution is 2.67. The van der Waals surface area contributed by atoms with Gasteiger partial charge in [0.2, 0.25) is 0 Å². The Kier molecular flexibility index (Phi) is 15.9. The topological polar surface area (TPSA) is 95.7 Å². The van der Waals surface area contributed by atoms with Crippen LogP contribution in [0.15, 0.2) is 11.6 Å². The van der Waals surface area contributed by atoms with E-state index in [9.17, 15) is 14.4 Å². The molecule has 4 aliphatic rings. The molecule has 0 spiro atoms. The summed E-state index contributed by atoms with van der Waals surface area (Å²) in [5, 5.41) is 0. The zero-order valence-corrected chi connectivity index (χ0v) is 33.1. The molecular weight excluding hydrogens is 622 g/mol. The molecule has 50 heavy (non-hydrogen) atoms. The van der Waals surface area contributed by atoms with Gasteiger partial charge >= 0.3 is 17.9 Å². The molecule has 3 fully saturated rings. The van der Waals surface area contributed by atoms with Gasteiger partial charge in [-0.25, -0.2) is 4.79 Å². The number of ether oxygens (including phenoxy) is 2. The van der Waals surface area contributed by atoms with Crippen molar-refractivity contribution in [2.24, 2.45) is 52.1 Å². The van der Waals surface area contributed by atoms with Crippen molar-refractivity contribution in [2.75, 3.05) is 0 Å². The average Bonchev–Trinajstić information content (AvgIpc) is 3.43. The number of unbranched alkanes of at least 4 members (excludes halogenated alkanes) is 8. The van der Waals surface area contributed by atoms with Crippen molar-refractivity contribution in [3.8, 4) is 0 Å². The standard InChI is InChI=1S/C44H75NO5/c1-7-8-9-10-11-12-13-14-15-19-40(46)50-42(48)39(45)24-25-41(47)49-34-26-28-43(5)33(30-34)20-21-35-37-23-22-36(32(4)18-16-17-31(2)3)44(37,6)29-27-38(35)43/h20,31-32,34-39H,7-19,21-30,45H2,1-6H3/t32?,34-,35-,36+,37-,38-,39?,43-,44+/m0/s1. The molecule has 0 amide bonds. The van der Waals surface area contributed by atoms with Crippen molar-refractivity contribution in [1.29, 1.82) is 0 Å². The summed E-state index contributed by atoms with van der Waals surface area (Å²) in [7, 11) is 0. The first-order valence-corrected chi connectivity index (χ1v) is 21.3. The van der Waals surface area contributed by atoms with Crippen LogP contribution >= 0.6 is 0 Å². The van der Waals surface area contributed by atoms with Crippen LogP contribution < -0.4 is 5.73 Å². The number of carbonyl (C=O) groups excluding carboxylic acids is 3. The number of hydrogen-bond acceptors (Lipinski definition) is 6. The van der Waals surface area contributed by atoms with Gasteiger partial charge in [0, 0.05) is 19.3 Å². The molecule has 4 rings (SSSR count). The van der Waals surface area contributed by atoms with Crippen LogP contribution in [0.25, 0.3) is 0 Å². The van der Waals surface area contributed by atoms with Crippen molar-refractivity contribution in [3.05, 3.63) is 11.6 Å². The molecule has 0 aromatic carbocycles. The van der Waals surface area contributed by atoms with Crippen LogP contribution in [-0.2, 0) is 23.9 Å². The van der Waals surface area contributed by atoms with E-state index in [4.69, 9.17) is 15.2 Å². The molecule has 2 unspecified atom stereocenters. The van der Waals surface area contributed by atoms with E-state index in [-0.39, 0.29) is 36.8 Å². The zero-order valence-electron chi connectivity index (χ0n) is 33.1. The average molecular weight is 698 g/mol. The Morgan fingerprint density at radius 3 is 2.20 bits per heavy atom. The van der Waals surface area contributed by atoms with Crippen molar-refractivity contribution < 1.29 is 23.9 Å². The molecule has 0 aromatic rings. The van der Waals surface area contributed by atoms with Gasteiger partial charge in [-0.05, 0) is 104 Å². The molecule has 0 bridgehead atoms. The minimum absolute atomic E-state index is 0.0531. The number of hydrogen-bond donors (Lipinski definition) is 1. The van der Waals surface area contributed by atoms with Crippen LogP contribution in [-0.4, -0.2) is 30.1 Å². The van der Waals surface area contributed by atoms with E-state index in [0.29, 0.717) is 5.41 Å². The molecule has 9 atom stereocenters. The highest BCUT2D eigenvalue weighted by Gasteiger charge is 2.59. The highest BCUT2D eigenvalue weighted by atomic mass is 16.6. The van der Waals surface area contributed by atoms with Gasteiger partial charge in [-0.3, -0.25) is 9.59 Å². The van der Waals surface area contributed by atoms with Crippen molar-refractivity contribution in [3.63, 3.8) is 0 Å². The third-order valence-corrected chi connectivity index (χ3v) is 14.2. The van der Waals surface area contributed by atoms with E-state index in [2.05, 4.69) is 47.6 Å². The van der Waals surface area contributed by atoms with Gasteiger partial charge in [-0.1, -0.05) is 124 Å². The van der Waals surface area contributed by atoms with Gasteiger partial charge in [0.05, 0.1) is 0 Å². The molecule has 2 N–H and O–H groups in total. The minimum Gasteiger partial charge on any atom is -0.462 e. The minimum atomic E-state index is -1.00. The van der Waals surface area contributed by atoms with Crippen LogP contribution in [0.4, 0.5) is 0 Å². The Labute approximate surface area is 306 Å². The third kappa shape index (κ3) is 10.7. The molecule has 0 aromatic heterocycles. The Morgan fingerprint density at radius 2 is 1.50 bits per heavy atom. The van der Waals surface area contributed by atoms with Gasteiger partial charge in [0.1, 0.15) is 12.1 Å². The normalized spacial score (nSPS) is 31.6. The van der Waals surface area contributed by atoms with Crippen molar-refractivity contribution >= 4 is 17.9 Å². The lowest BCUT2D eigenvalue weighted by molar-refractivity contribution is -0.160. The van der Waals surface area contributed by atoms with E-state index in [1.165, 1.54) is 95.5 Å². The molecule has 0 aliphatic heterocycles. The second-order valence-electron chi connectivity index (χ2n) is 18.2. The molecule has 0 saturated heterocycles. The lowest BCUT2D eigenvalue weighted by Crippen LogP contribution is -2.51. The summed E-state index contributed by atoms with van der Waals surface area (Å²) in [5.41, 5.74) is 8.22. The maximum atomic E-state index is 12.9. The molecule has 6 heteroatoms. The summed E-state index contributed by atoms with van der Waals surface area (Å²) in [6.07, 6.45) is 26.8. The summed E-state index contributed by atoms with van der Waals surface area (Å²) >= 11 is 0. The van der Waals surface area contributed by atoms with Gasteiger partial charge in [-0.15, -0.1) is 0 Å². The van der Waals surface area contributed by atoms with Crippen molar-refractivity contribution in [1.82, 2.24) is 0 Å². The Balaban J connectivity index is 1.17. The maximum absolute atomic E-state index is 12.9. The molecule has 0 radical (unpaired) electrons. The Hall–Kier alpha value is -1.69. The first-order chi connectivity index (χ1) is 23.9. The summed E-state index contributed by atoms with van der Waals surface area (Å²) in [6, 6.07) is -1.00.